The van der Waals surface area contributed by atoms with Crippen LogP contribution in [0.5, 0.6) is 5.75 Å². The van der Waals surface area contributed by atoms with E-state index in [4.69, 9.17) is 9.84 Å². The second-order valence-electron chi connectivity index (χ2n) is 4.23. The number of benzene rings is 1. The number of aliphatic carboxylic acids is 1. The van der Waals surface area contributed by atoms with Crippen LogP contribution in [0.15, 0.2) is 12.1 Å². The minimum absolute atomic E-state index is 0.00315. The summed E-state index contributed by atoms with van der Waals surface area (Å²) in [5.41, 5.74) is 2.88. The molecule has 0 heterocycles. The monoisotopic (exact) mass is 222 g/mol. The number of carboxylic acids is 1. The third-order valence-electron chi connectivity index (χ3n) is 2.45. The lowest BCUT2D eigenvalue weighted by molar-refractivity contribution is -0.136. The van der Waals surface area contributed by atoms with Crippen LogP contribution in [-0.4, -0.2) is 17.2 Å². The van der Waals surface area contributed by atoms with Gasteiger partial charge in [-0.25, -0.2) is 0 Å². The Bertz CT molecular complexity index is 394. The lowest BCUT2D eigenvalue weighted by Gasteiger charge is -2.17. The molecule has 0 spiro atoms. The van der Waals surface area contributed by atoms with Gasteiger partial charge in [-0.1, -0.05) is 12.1 Å². The molecule has 0 aliphatic carbocycles. The van der Waals surface area contributed by atoms with Crippen molar-refractivity contribution >= 4 is 5.97 Å². The van der Waals surface area contributed by atoms with Crippen LogP contribution in [0.2, 0.25) is 0 Å². The largest absolute Gasteiger partial charge is 0.490 e. The summed E-state index contributed by atoms with van der Waals surface area (Å²) in [6.45, 7) is 7.82. The van der Waals surface area contributed by atoms with Crippen LogP contribution in [0.4, 0.5) is 0 Å². The molecule has 0 aliphatic heterocycles. The number of aryl methyl sites for hydroxylation is 1. The zero-order chi connectivity index (χ0) is 12.3. The van der Waals surface area contributed by atoms with Crippen LogP contribution in [0, 0.1) is 13.8 Å². The number of carboxylic acid groups (broad SMARTS) is 1. The molecule has 0 amide bonds. The molecule has 0 aromatic heterocycles. The molecule has 0 aliphatic rings. The molecule has 1 aromatic rings. The fourth-order valence-electron chi connectivity index (χ4n) is 1.55. The predicted octanol–water partition coefficient (Wildman–Crippen LogP) is 2.72. The molecule has 1 rings (SSSR count). The fourth-order valence-corrected chi connectivity index (χ4v) is 1.55. The fraction of sp³-hybridized carbons (Fsp3) is 0.462. The minimum Gasteiger partial charge on any atom is -0.490 e. The predicted molar refractivity (Wildman–Crippen MR) is 63.0 cm³/mol. The van der Waals surface area contributed by atoms with Crippen molar-refractivity contribution in [2.75, 3.05) is 0 Å². The lowest BCUT2D eigenvalue weighted by Crippen LogP contribution is -2.11. The van der Waals surface area contributed by atoms with Gasteiger partial charge in [-0.3, -0.25) is 4.79 Å². The summed E-state index contributed by atoms with van der Waals surface area (Å²) in [5.74, 6) is -0.116. The van der Waals surface area contributed by atoms with Crippen LogP contribution < -0.4 is 4.74 Å². The zero-order valence-corrected chi connectivity index (χ0v) is 10.2. The Balaban J connectivity index is 3.15. The summed E-state index contributed by atoms with van der Waals surface area (Å²) in [6, 6.07) is 3.76. The van der Waals surface area contributed by atoms with Crippen molar-refractivity contribution in [3.63, 3.8) is 0 Å². The topological polar surface area (TPSA) is 46.5 Å². The highest BCUT2D eigenvalue weighted by molar-refractivity contribution is 5.72. The third-order valence-corrected chi connectivity index (χ3v) is 2.45. The van der Waals surface area contributed by atoms with E-state index in [1.807, 2.05) is 39.8 Å². The quantitative estimate of drug-likeness (QED) is 0.852. The van der Waals surface area contributed by atoms with Crippen LogP contribution >= 0.6 is 0 Å². The molecule has 88 valence electrons. The van der Waals surface area contributed by atoms with Gasteiger partial charge in [0.1, 0.15) is 5.75 Å². The molecule has 0 radical (unpaired) electrons. The molecular formula is C13H18O3. The highest BCUT2D eigenvalue weighted by Gasteiger charge is 2.13. The standard InChI is InChI=1S/C13H18O3/c1-8(2)16-13-10(4)9(3)5-6-11(13)7-12(14)15/h5-6,8H,7H2,1-4H3,(H,14,15). The number of hydrogen-bond acceptors (Lipinski definition) is 2. The van der Waals surface area contributed by atoms with Gasteiger partial charge in [-0.15, -0.1) is 0 Å². The van der Waals surface area contributed by atoms with E-state index in [1.54, 1.807) is 0 Å². The summed E-state index contributed by atoms with van der Waals surface area (Å²) in [4.78, 5) is 10.7. The molecule has 0 fully saturated rings. The molecule has 0 saturated heterocycles. The first-order valence-corrected chi connectivity index (χ1v) is 5.39. The Labute approximate surface area is 96.1 Å². The molecule has 0 unspecified atom stereocenters. The average molecular weight is 222 g/mol. The molecule has 0 bridgehead atoms. The molecule has 3 nitrogen and oxygen atoms in total. The van der Waals surface area contributed by atoms with Gasteiger partial charge in [0, 0.05) is 5.56 Å². The van der Waals surface area contributed by atoms with E-state index < -0.39 is 5.97 Å². The molecule has 3 heteroatoms. The summed E-state index contributed by atoms with van der Waals surface area (Å²) >= 11 is 0. The van der Waals surface area contributed by atoms with Gasteiger partial charge in [0.2, 0.25) is 0 Å². The van der Waals surface area contributed by atoms with Crippen molar-refractivity contribution < 1.29 is 14.6 Å². The van der Waals surface area contributed by atoms with Gasteiger partial charge in [0.25, 0.3) is 0 Å². The first-order valence-electron chi connectivity index (χ1n) is 5.39. The second kappa shape index (κ2) is 5.01. The number of carbonyl (C=O) groups is 1. The van der Waals surface area contributed by atoms with Crippen LogP contribution in [0.3, 0.4) is 0 Å². The van der Waals surface area contributed by atoms with Crippen molar-refractivity contribution in [3.8, 4) is 5.75 Å². The average Bonchev–Trinajstić information content (AvgIpc) is 2.16. The highest BCUT2D eigenvalue weighted by Crippen LogP contribution is 2.27. The van der Waals surface area contributed by atoms with Crippen LogP contribution in [0.25, 0.3) is 0 Å². The van der Waals surface area contributed by atoms with E-state index in [-0.39, 0.29) is 12.5 Å². The molecule has 0 saturated carbocycles. The van der Waals surface area contributed by atoms with Crippen LogP contribution in [0.1, 0.15) is 30.5 Å². The van der Waals surface area contributed by atoms with Gasteiger partial charge < -0.3 is 9.84 Å². The Hall–Kier alpha value is -1.51. The normalized spacial score (nSPS) is 10.6. The summed E-state index contributed by atoms with van der Waals surface area (Å²) in [5, 5.41) is 8.83. The van der Waals surface area contributed by atoms with E-state index in [9.17, 15) is 4.79 Å². The zero-order valence-electron chi connectivity index (χ0n) is 10.2. The van der Waals surface area contributed by atoms with Crippen molar-refractivity contribution in [1.29, 1.82) is 0 Å². The first-order chi connectivity index (χ1) is 7.41. The highest BCUT2D eigenvalue weighted by atomic mass is 16.5. The van der Waals surface area contributed by atoms with Crippen LogP contribution in [-0.2, 0) is 11.2 Å². The maximum atomic E-state index is 10.7. The van der Waals surface area contributed by atoms with Crippen molar-refractivity contribution in [3.05, 3.63) is 28.8 Å². The number of rotatable bonds is 4. The molecule has 1 N–H and O–H groups in total. The lowest BCUT2D eigenvalue weighted by atomic mass is 10.0. The van der Waals surface area contributed by atoms with Crippen molar-refractivity contribution in [1.82, 2.24) is 0 Å². The molecule has 16 heavy (non-hydrogen) atoms. The summed E-state index contributed by atoms with van der Waals surface area (Å²) < 4.78 is 5.69. The van der Waals surface area contributed by atoms with E-state index in [0.29, 0.717) is 0 Å². The molecule has 1 aromatic carbocycles. The second-order valence-corrected chi connectivity index (χ2v) is 4.23. The van der Waals surface area contributed by atoms with E-state index >= 15 is 0 Å². The Morgan fingerprint density at radius 3 is 2.50 bits per heavy atom. The Morgan fingerprint density at radius 1 is 1.38 bits per heavy atom. The van der Waals surface area contributed by atoms with Crippen molar-refractivity contribution in [2.24, 2.45) is 0 Å². The Morgan fingerprint density at radius 2 is 2.00 bits per heavy atom. The minimum atomic E-state index is -0.836. The summed E-state index contributed by atoms with van der Waals surface area (Å²) in [7, 11) is 0. The molecular weight excluding hydrogens is 204 g/mol. The van der Waals surface area contributed by atoms with Gasteiger partial charge in [0.15, 0.2) is 0 Å². The summed E-state index contributed by atoms with van der Waals surface area (Å²) in [6.07, 6.45) is 0.0523. The maximum Gasteiger partial charge on any atom is 0.307 e. The van der Waals surface area contributed by atoms with Gasteiger partial charge >= 0.3 is 5.97 Å². The Kier molecular flexibility index (Phi) is 3.93. The van der Waals surface area contributed by atoms with Gasteiger partial charge in [-0.2, -0.15) is 0 Å². The van der Waals surface area contributed by atoms with Gasteiger partial charge in [-0.05, 0) is 38.8 Å². The number of ether oxygens (including phenoxy) is 1. The molecule has 0 atom stereocenters. The smallest absolute Gasteiger partial charge is 0.307 e. The van der Waals surface area contributed by atoms with E-state index in [0.717, 1.165) is 22.4 Å². The van der Waals surface area contributed by atoms with Gasteiger partial charge in [0.05, 0.1) is 12.5 Å². The first kappa shape index (κ1) is 12.6. The van der Waals surface area contributed by atoms with E-state index in [1.165, 1.54) is 0 Å². The third kappa shape index (κ3) is 2.99. The van der Waals surface area contributed by atoms with Crippen molar-refractivity contribution in [2.45, 2.75) is 40.2 Å². The van der Waals surface area contributed by atoms with E-state index in [2.05, 4.69) is 0 Å². The SMILES string of the molecule is Cc1ccc(CC(=O)O)c(OC(C)C)c1C. The maximum absolute atomic E-state index is 10.7. The number of hydrogen-bond donors (Lipinski definition) is 1.